The molecule has 0 aliphatic carbocycles. The van der Waals surface area contributed by atoms with Crippen LogP contribution in [-0.2, 0) is 29.6 Å². The number of imidazole rings is 1. The molecule has 3 aromatic rings. The SMILES string of the molecule is Cn1c(=O)n(CC(=O)NNC(=O)Cc2ccc(Cl)cc2)c2ccccc21. The number of carbonyl (C=O) groups excluding carboxylic acids is 2. The second-order valence-corrected chi connectivity index (χ2v) is 6.25. The third-order valence-electron chi connectivity index (χ3n) is 3.97. The molecule has 2 N–H and O–H groups in total. The van der Waals surface area contributed by atoms with Crippen molar-refractivity contribution in [3.63, 3.8) is 0 Å². The van der Waals surface area contributed by atoms with Crippen molar-refractivity contribution in [2.75, 3.05) is 0 Å². The molecule has 3 rings (SSSR count). The van der Waals surface area contributed by atoms with E-state index in [0.717, 1.165) is 11.1 Å². The van der Waals surface area contributed by atoms with E-state index in [-0.39, 0.29) is 24.6 Å². The van der Waals surface area contributed by atoms with Crippen molar-refractivity contribution in [3.8, 4) is 0 Å². The zero-order valence-electron chi connectivity index (χ0n) is 14.0. The zero-order chi connectivity index (χ0) is 18.7. The summed E-state index contributed by atoms with van der Waals surface area (Å²) in [5.41, 5.74) is 6.54. The van der Waals surface area contributed by atoms with Crippen LogP contribution in [0.15, 0.2) is 53.3 Å². The lowest BCUT2D eigenvalue weighted by atomic mass is 10.1. The molecule has 0 aliphatic rings. The molecule has 26 heavy (non-hydrogen) atoms. The van der Waals surface area contributed by atoms with Crippen LogP contribution in [0.5, 0.6) is 0 Å². The molecule has 0 saturated carbocycles. The molecule has 134 valence electrons. The summed E-state index contributed by atoms with van der Waals surface area (Å²) in [4.78, 5) is 36.3. The maximum Gasteiger partial charge on any atom is 0.329 e. The number of para-hydroxylation sites is 2. The van der Waals surface area contributed by atoms with Crippen molar-refractivity contribution in [2.45, 2.75) is 13.0 Å². The lowest BCUT2D eigenvalue weighted by Crippen LogP contribution is -2.44. The Balaban J connectivity index is 1.61. The molecular formula is C18H17ClN4O3. The Kier molecular flexibility index (Phi) is 5.09. The Labute approximate surface area is 154 Å². The van der Waals surface area contributed by atoms with Gasteiger partial charge >= 0.3 is 5.69 Å². The van der Waals surface area contributed by atoms with Crippen LogP contribution < -0.4 is 16.5 Å². The van der Waals surface area contributed by atoms with Gasteiger partial charge in [-0.05, 0) is 29.8 Å². The summed E-state index contributed by atoms with van der Waals surface area (Å²) in [5, 5.41) is 0.586. The number of benzene rings is 2. The average molecular weight is 373 g/mol. The number of fused-ring (bicyclic) bond motifs is 1. The highest BCUT2D eigenvalue weighted by molar-refractivity contribution is 6.30. The van der Waals surface area contributed by atoms with E-state index in [1.165, 1.54) is 9.13 Å². The highest BCUT2D eigenvalue weighted by Gasteiger charge is 2.13. The molecular weight excluding hydrogens is 356 g/mol. The molecule has 0 unspecified atom stereocenters. The van der Waals surface area contributed by atoms with E-state index in [1.54, 1.807) is 49.5 Å². The lowest BCUT2D eigenvalue weighted by Gasteiger charge is -2.08. The van der Waals surface area contributed by atoms with Crippen LogP contribution in [0.4, 0.5) is 0 Å². The van der Waals surface area contributed by atoms with E-state index in [0.29, 0.717) is 10.5 Å². The first-order valence-electron chi connectivity index (χ1n) is 7.92. The standard InChI is InChI=1S/C18H17ClN4O3/c1-22-14-4-2-3-5-15(14)23(18(22)26)11-17(25)21-20-16(24)10-12-6-8-13(19)9-7-12/h2-9H,10-11H2,1H3,(H,20,24)(H,21,25). The van der Waals surface area contributed by atoms with Gasteiger partial charge in [0, 0.05) is 12.1 Å². The molecule has 0 atom stereocenters. The van der Waals surface area contributed by atoms with Gasteiger partial charge in [0.15, 0.2) is 0 Å². The van der Waals surface area contributed by atoms with E-state index < -0.39 is 5.91 Å². The molecule has 2 amide bonds. The lowest BCUT2D eigenvalue weighted by molar-refractivity contribution is -0.128. The molecule has 0 spiro atoms. The first-order valence-corrected chi connectivity index (χ1v) is 8.30. The fourth-order valence-electron chi connectivity index (χ4n) is 2.67. The van der Waals surface area contributed by atoms with Crippen LogP contribution in [0.25, 0.3) is 11.0 Å². The summed E-state index contributed by atoms with van der Waals surface area (Å²) in [6, 6.07) is 14.0. The van der Waals surface area contributed by atoms with E-state index in [4.69, 9.17) is 11.6 Å². The summed E-state index contributed by atoms with van der Waals surface area (Å²) < 4.78 is 2.83. The first-order chi connectivity index (χ1) is 12.5. The minimum atomic E-state index is -0.493. The number of halogens is 1. The minimum absolute atomic E-state index is 0.103. The molecule has 7 nitrogen and oxygen atoms in total. The summed E-state index contributed by atoms with van der Waals surface area (Å²) in [5.74, 6) is -0.862. The molecule has 0 bridgehead atoms. The molecule has 1 aromatic heterocycles. The number of hydrogen-bond acceptors (Lipinski definition) is 3. The highest BCUT2D eigenvalue weighted by atomic mass is 35.5. The molecule has 1 heterocycles. The van der Waals surface area contributed by atoms with Crippen LogP contribution >= 0.6 is 11.6 Å². The van der Waals surface area contributed by atoms with E-state index in [1.807, 2.05) is 6.07 Å². The maximum atomic E-state index is 12.3. The van der Waals surface area contributed by atoms with Crippen LogP contribution in [0.1, 0.15) is 5.56 Å². The molecule has 0 saturated heterocycles. The normalized spacial score (nSPS) is 10.7. The summed E-state index contributed by atoms with van der Waals surface area (Å²) in [6.07, 6.45) is 0.103. The van der Waals surface area contributed by atoms with Gasteiger partial charge in [0.05, 0.1) is 17.5 Å². The minimum Gasteiger partial charge on any atom is -0.295 e. The van der Waals surface area contributed by atoms with E-state index >= 15 is 0 Å². The topological polar surface area (TPSA) is 85.1 Å². The van der Waals surface area contributed by atoms with Gasteiger partial charge < -0.3 is 0 Å². The molecule has 8 heteroatoms. The van der Waals surface area contributed by atoms with Crippen molar-refractivity contribution in [1.82, 2.24) is 20.0 Å². The molecule has 0 aliphatic heterocycles. The number of nitrogens with zero attached hydrogens (tertiary/aromatic N) is 2. The highest BCUT2D eigenvalue weighted by Crippen LogP contribution is 2.11. The van der Waals surface area contributed by atoms with Crippen molar-refractivity contribution in [2.24, 2.45) is 7.05 Å². The zero-order valence-corrected chi connectivity index (χ0v) is 14.8. The number of rotatable bonds is 4. The van der Waals surface area contributed by atoms with Crippen LogP contribution in [0, 0.1) is 0 Å². The number of hydrogen-bond donors (Lipinski definition) is 2. The van der Waals surface area contributed by atoms with Gasteiger partial charge in [0.1, 0.15) is 6.54 Å². The summed E-state index contributed by atoms with van der Waals surface area (Å²) >= 11 is 5.80. The fraction of sp³-hybridized carbons (Fsp3) is 0.167. The Morgan fingerprint density at radius 2 is 1.58 bits per heavy atom. The van der Waals surface area contributed by atoms with Gasteiger partial charge in [-0.1, -0.05) is 35.9 Å². The predicted molar refractivity (Wildman–Crippen MR) is 98.6 cm³/mol. The smallest absolute Gasteiger partial charge is 0.295 e. The summed E-state index contributed by atoms with van der Waals surface area (Å²) in [6.45, 7) is -0.193. The van der Waals surface area contributed by atoms with Gasteiger partial charge in [-0.25, -0.2) is 4.79 Å². The van der Waals surface area contributed by atoms with Crippen molar-refractivity contribution in [1.29, 1.82) is 0 Å². The Morgan fingerprint density at radius 3 is 2.27 bits per heavy atom. The van der Waals surface area contributed by atoms with Gasteiger partial charge in [0.25, 0.3) is 5.91 Å². The van der Waals surface area contributed by atoms with Gasteiger partial charge in [0.2, 0.25) is 5.91 Å². The van der Waals surface area contributed by atoms with Crippen LogP contribution in [0.3, 0.4) is 0 Å². The van der Waals surface area contributed by atoms with Gasteiger partial charge in [-0.2, -0.15) is 0 Å². The maximum absolute atomic E-state index is 12.3. The Bertz CT molecular complexity index is 1020. The fourth-order valence-corrected chi connectivity index (χ4v) is 2.80. The van der Waals surface area contributed by atoms with Gasteiger partial charge in [-0.15, -0.1) is 0 Å². The Hall–Kier alpha value is -3.06. The molecule has 2 aromatic carbocycles. The van der Waals surface area contributed by atoms with Crippen molar-refractivity contribution in [3.05, 3.63) is 69.6 Å². The van der Waals surface area contributed by atoms with E-state index in [9.17, 15) is 14.4 Å². The number of hydrazine groups is 1. The average Bonchev–Trinajstić information content (AvgIpc) is 2.87. The number of nitrogens with one attached hydrogen (secondary N) is 2. The second kappa shape index (κ2) is 7.45. The van der Waals surface area contributed by atoms with Crippen molar-refractivity contribution < 1.29 is 9.59 Å². The first kappa shape index (κ1) is 17.8. The largest absolute Gasteiger partial charge is 0.329 e. The molecule has 0 radical (unpaired) electrons. The predicted octanol–water partition coefficient (Wildman–Crippen LogP) is 1.38. The Morgan fingerprint density at radius 1 is 0.962 bits per heavy atom. The van der Waals surface area contributed by atoms with Crippen molar-refractivity contribution >= 4 is 34.4 Å². The third kappa shape index (κ3) is 3.78. The number of aromatic nitrogens is 2. The number of amides is 2. The quantitative estimate of drug-likeness (QED) is 0.678. The third-order valence-corrected chi connectivity index (χ3v) is 4.22. The monoisotopic (exact) mass is 372 g/mol. The van der Waals surface area contributed by atoms with E-state index in [2.05, 4.69) is 10.9 Å². The molecule has 0 fully saturated rings. The summed E-state index contributed by atoms with van der Waals surface area (Å²) in [7, 11) is 1.65. The number of aryl methyl sites for hydroxylation is 1. The number of carbonyl (C=O) groups is 2. The van der Waals surface area contributed by atoms with Crippen LogP contribution in [-0.4, -0.2) is 20.9 Å². The second-order valence-electron chi connectivity index (χ2n) is 5.82. The van der Waals surface area contributed by atoms with Gasteiger partial charge in [-0.3, -0.25) is 29.6 Å². The van der Waals surface area contributed by atoms with Crippen LogP contribution in [0.2, 0.25) is 5.02 Å².